The van der Waals surface area contributed by atoms with Crippen LogP contribution in [0.25, 0.3) is 0 Å². The van der Waals surface area contributed by atoms with Crippen LogP contribution in [0.2, 0.25) is 0 Å². The van der Waals surface area contributed by atoms with Gasteiger partial charge in [-0.25, -0.2) is 8.42 Å². The Morgan fingerprint density at radius 2 is 2.06 bits per heavy atom. The fourth-order valence-corrected chi connectivity index (χ4v) is 3.48. The standard InChI is InChI=1S/C11H22N2O4S/c1-9(6-12)7-18(15,16)8-11(14)13-10-2-4-17-5-3-10/h9-10H,2-8,12H2,1H3,(H,13,14). The summed E-state index contributed by atoms with van der Waals surface area (Å²) in [4.78, 5) is 11.6. The molecule has 1 atom stereocenters. The molecule has 6 nitrogen and oxygen atoms in total. The predicted octanol–water partition coefficient (Wildman–Crippen LogP) is -0.709. The van der Waals surface area contributed by atoms with Gasteiger partial charge < -0.3 is 15.8 Å². The molecule has 0 aromatic heterocycles. The van der Waals surface area contributed by atoms with Crippen molar-refractivity contribution in [3.05, 3.63) is 0 Å². The number of hydrogen-bond acceptors (Lipinski definition) is 5. The van der Waals surface area contributed by atoms with E-state index in [-0.39, 0.29) is 17.7 Å². The van der Waals surface area contributed by atoms with Crippen LogP contribution in [0.3, 0.4) is 0 Å². The fraction of sp³-hybridized carbons (Fsp3) is 0.909. The molecular weight excluding hydrogens is 256 g/mol. The van der Waals surface area contributed by atoms with Gasteiger partial charge in [-0.2, -0.15) is 0 Å². The molecule has 106 valence electrons. The molecule has 1 unspecified atom stereocenters. The molecule has 0 saturated carbocycles. The lowest BCUT2D eigenvalue weighted by Gasteiger charge is -2.23. The first-order chi connectivity index (χ1) is 8.43. The molecule has 0 bridgehead atoms. The van der Waals surface area contributed by atoms with E-state index in [0.717, 1.165) is 12.8 Å². The minimum Gasteiger partial charge on any atom is -0.381 e. The highest BCUT2D eigenvalue weighted by atomic mass is 32.2. The maximum absolute atomic E-state index is 11.7. The zero-order valence-electron chi connectivity index (χ0n) is 10.7. The summed E-state index contributed by atoms with van der Waals surface area (Å²) >= 11 is 0. The van der Waals surface area contributed by atoms with E-state index in [1.807, 2.05) is 0 Å². The van der Waals surface area contributed by atoms with Crippen molar-refractivity contribution >= 4 is 15.7 Å². The average molecular weight is 278 g/mol. The second-order valence-electron chi connectivity index (χ2n) is 4.85. The number of carbonyl (C=O) groups is 1. The van der Waals surface area contributed by atoms with Gasteiger partial charge in [0.2, 0.25) is 5.91 Å². The molecule has 0 aromatic carbocycles. The van der Waals surface area contributed by atoms with Gasteiger partial charge in [-0.05, 0) is 25.3 Å². The highest BCUT2D eigenvalue weighted by Gasteiger charge is 2.22. The number of amides is 1. The third kappa shape index (κ3) is 5.79. The molecule has 0 spiro atoms. The van der Waals surface area contributed by atoms with Gasteiger partial charge in [0.25, 0.3) is 0 Å². The monoisotopic (exact) mass is 278 g/mol. The topological polar surface area (TPSA) is 98.5 Å². The van der Waals surface area contributed by atoms with Gasteiger partial charge >= 0.3 is 0 Å². The third-order valence-corrected chi connectivity index (χ3v) is 4.66. The molecule has 0 radical (unpaired) electrons. The van der Waals surface area contributed by atoms with Crippen molar-refractivity contribution in [1.29, 1.82) is 0 Å². The van der Waals surface area contributed by atoms with Crippen LogP contribution in [0.1, 0.15) is 19.8 Å². The SMILES string of the molecule is CC(CN)CS(=O)(=O)CC(=O)NC1CCOCC1. The van der Waals surface area contributed by atoms with Crippen LogP contribution in [0, 0.1) is 5.92 Å². The smallest absolute Gasteiger partial charge is 0.235 e. The second kappa shape index (κ2) is 7.06. The van der Waals surface area contributed by atoms with Crippen LogP contribution in [0.5, 0.6) is 0 Å². The van der Waals surface area contributed by atoms with E-state index < -0.39 is 21.5 Å². The molecule has 1 rings (SSSR count). The quantitative estimate of drug-likeness (QED) is 0.669. The number of rotatable bonds is 6. The van der Waals surface area contributed by atoms with Crippen LogP contribution in [0.15, 0.2) is 0 Å². The lowest BCUT2D eigenvalue weighted by molar-refractivity contribution is -0.119. The first-order valence-corrected chi connectivity index (χ1v) is 8.02. The Bertz CT molecular complexity index is 363. The minimum absolute atomic E-state index is 0.0355. The van der Waals surface area contributed by atoms with Crippen molar-refractivity contribution < 1.29 is 17.9 Å². The first-order valence-electron chi connectivity index (χ1n) is 6.20. The highest BCUT2D eigenvalue weighted by molar-refractivity contribution is 7.92. The van der Waals surface area contributed by atoms with E-state index in [1.165, 1.54) is 0 Å². The molecule has 7 heteroatoms. The van der Waals surface area contributed by atoms with E-state index >= 15 is 0 Å². The Labute approximate surface area is 108 Å². The zero-order valence-corrected chi connectivity index (χ0v) is 11.5. The Hall–Kier alpha value is -0.660. The summed E-state index contributed by atoms with van der Waals surface area (Å²) in [5, 5.41) is 2.74. The molecule has 1 aliphatic heterocycles. The van der Waals surface area contributed by atoms with Gasteiger partial charge in [0, 0.05) is 19.3 Å². The molecular formula is C11H22N2O4S. The Morgan fingerprint density at radius 3 is 2.61 bits per heavy atom. The lowest BCUT2D eigenvalue weighted by Crippen LogP contribution is -2.42. The first kappa shape index (κ1) is 15.4. The van der Waals surface area contributed by atoms with Crippen molar-refractivity contribution in [1.82, 2.24) is 5.32 Å². The van der Waals surface area contributed by atoms with E-state index in [2.05, 4.69) is 5.32 Å². The van der Waals surface area contributed by atoms with Crippen molar-refractivity contribution in [3.8, 4) is 0 Å². The molecule has 1 aliphatic rings. The van der Waals surface area contributed by atoms with Gasteiger partial charge in [-0.3, -0.25) is 4.79 Å². The number of nitrogens with one attached hydrogen (secondary N) is 1. The van der Waals surface area contributed by atoms with Crippen molar-refractivity contribution in [2.45, 2.75) is 25.8 Å². The number of hydrogen-bond donors (Lipinski definition) is 2. The highest BCUT2D eigenvalue weighted by Crippen LogP contribution is 2.06. The second-order valence-corrected chi connectivity index (χ2v) is 6.96. The largest absolute Gasteiger partial charge is 0.381 e. The van der Waals surface area contributed by atoms with Crippen LogP contribution in [0.4, 0.5) is 0 Å². The average Bonchev–Trinajstić information content (AvgIpc) is 2.28. The van der Waals surface area contributed by atoms with E-state index in [0.29, 0.717) is 19.8 Å². The van der Waals surface area contributed by atoms with E-state index in [9.17, 15) is 13.2 Å². The van der Waals surface area contributed by atoms with Crippen LogP contribution >= 0.6 is 0 Å². The van der Waals surface area contributed by atoms with Gasteiger partial charge in [-0.15, -0.1) is 0 Å². The summed E-state index contributed by atoms with van der Waals surface area (Å²) in [7, 11) is -3.37. The van der Waals surface area contributed by atoms with E-state index in [1.54, 1.807) is 6.92 Å². The van der Waals surface area contributed by atoms with Crippen LogP contribution in [-0.2, 0) is 19.4 Å². The van der Waals surface area contributed by atoms with Gasteiger partial charge in [-0.1, -0.05) is 6.92 Å². The number of nitrogens with two attached hydrogens (primary N) is 1. The third-order valence-electron chi connectivity index (χ3n) is 2.88. The molecule has 0 aliphatic carbocycles. The van der Waals surface area contributed by atoms with Crippen molar-refractivity contribution in [2.75, 3.05) is 31.3 Å². The summed E-state index contributed by atoms with van der Waals surface area (Å²) < 4.78 is 28.6. The predicted molar refractivity (Wildman–Crippen MR) is 68.9 cm³/mol. The maximum atomic E-state index is 11.7. The molecule has 3 N–H and O–H groups in total. The van der Waals surface area contributed by atoms with Gasteiger partial charge in [0.05, 0.1) is 5.75 Å². The van der Waals surface area contributed by atoms with E-state index in [4.69, 9.17) is 10.5 Å². The van der Waals surface area contributed by atoms with Crippen LogP contribution in [-0.4, -0.2) is 51.6 Å². The normalized spacial score (nSPS) is 19.4. The van der Waals surface area contributed by atoms with Gasteiger partial charge in [0.1, 0.15) is 5.75 Å². The Morgan fingerprint density at radius 1 is 1.44 bits per heavy atom. The number of carbonyl (C=O) groups excluding carboxylic acids is 1. The molecule has 1 fully saturated rings. The Balaban J connectivity index is 2.38. The minimum atomic E-state index is -3.37. The lowest BCUT2D eigenvalue weighted by atomic mass is 10.1. The zero-order chi connectivity index (χ0) is 13.6. The Kier molecular flexibility index (Phi) is 6.04. The molecule has 1 amide bonds. The summed E-state index contributed by atoms with van der Waals surface area (Å²) in [5.74, 6) is -1.03. The van der Waals surface area contributed by atoms with Crippen LogP contribution < -0.4 is 11.1 Å². The molecule has 1 heterocycles. The summed E-state index contributed by atoms with van der Waals surface area (Å²) in [5.41, 5.74) is 5.38. The molecule has 18 heavy (non-hydrogen) atoms. The summed E-state index contributed by atoms with van der Waals surface area (Å²) in [6.45, 7) is 3.29. The summed E-state index contributed by atoms with van der Waals surface area (Å²) in [6.07, 6.45) is 1.48. The van der Waals surface area contributed by atoms with Gasteiger partial charge in [0.15, 0.2) is 9.84 Å². The summed E-state index contributed by atoms with van der Waals surface area (Å²) in [6, 6.07) is 0.0355. The number of ether oxygens (including phenoxy) is 1. The fourth-order valence-electron chi connectivity index (χ4n) is 1.87. The van der Waals surface area contributed by atoms with Crippen molar-refractivity contribution in [3.63, 3.8) is 0 Å². The molecule has 1 saturated heterocycles. The maximum Gasteiger partial charge on any atom is 0.235 e. The number of sulfone groups is 1. The van der Waals surface area contributed by atoms with Crippen molar-refractivity contribution in [2.24, 2.45) is 11.7 Å². The molecule has 0 aromatic rings.